The molecular weight excluding hydrogens is 378 g/mol. The van der Waals surface area contributed by atoms with Crippen LogP contribution in [-0.2, 0) is 11.3 Å². The maximum absolute atomic E-state index is 12.9. The van der Waals surface area contributed by atoms with Gasteiger partial charge in [0.15, 0.2) is 5.65 Å². The summed E-state index contributed by atoms with van der Waals surface area (Å²) in [5.41, 5.74) is 3.69. The smallest absolute Gasteiger partial charge is 0.257 e. The van der Waals surface area contributed by atoms with Crippen LogP contribution < -0.4 is 5.32 Å². The number of rotatable bonds is 5. The van der Waals surface area contributed by atoms with Crippen molar-refractivity contribution < 1.29 is 9.59 Å². The van der Waals surface area contributed by atoms with Gasteiger partial charge in [-0.2, -0.15) is 5.10 Å². The molecule has 4 rings (SSSR count). The number of amides is 2. The molecule has 1 aliphatic heterocycles. The zero-order chi connectivity index (χ0) is 21.3. The summed E-state index contributed by atoms with van der Waals surface area (Å²) < 4.78 is 1.86. The number of piperidine rings is 1. The predicted molar refractivity (Wildman–Crippen MR) is 116 cm³/mol. The number of benzene rings is 1. The number of aromatic nitrogens is 3. The van der Waals surface area contributed by atoms with E-state index in [2.05, 4.69) is 29.2 Å². The van der Waals surface area contributed by atoms with Crippen molar-refractivity contribution in [2.24, 2.45) is 0 Å². The van der Waals surface area contributed by atoms with Crippen LogP contribution in [0.2, 0.25) is 0 Å². The molecule has 156 valence electrons. The van der Waals surface area contributed by atoms with E-state index in [-0.39, 0.29) is 17.9 Å². The van der Waals surface area contributed by atoms with Gasteiger partial charge >= 0.3 is 0 Å². The van der Waals surface area contributed by atoms with Crippen LogP contribution in [0.3, 0.4) is 0 Å². The number of pyridine rings is 1. The van der Waals surface area contributed by atoms with Gasteiger partial charge in [0.1, 0.15) is 0 Å². The lowest BCUT2D eigenvalue weighted by molar-refractivity contribution is -0.133. The number of carbonyl (C=O) groups is 2. The molecule has 7 nitrogen and oxygen atoms in total. The highest BCUT2D eigenvalue weighted by atomic mass is 16.2. The van der Waals surface area contributed by atoms with Crippen molar-refractivity contribution in [1.29, 1.82) is 0 Å². The third-order valence-corrected chi connectivity index (χ3v) is 5.47. The molecule has 0 radical (unpaired) electrons. The van der Waals surface area contributed by atoms with E-state index in [1.54, 1.807) is 6.20 Å². The molecule has 1 aromatic carbocycles. The lowest BCUT2D eigenvalue weighted by Gasteiger charge is -2.26. The second-order valence-electron chi connectivity index (χ2n) is 8.14. The van der Waals surface area contributed by atoms with E-state index in [1.807, 2.05) is 46.8 Å². The number of hydrogen-bond donors (Lipinski definition) is 1. The Bertz CT molecular complexity index is 1100. The first-order valence-corrected chi connectivity index (χ1v) is 10.5. The molecule has 0 atom stereocenters. The predicted octanol–water partition coefficient (Wildman–Crippen LogP) is 4.09. The second-order valence-corrected chi connectivity index (χ2v) is 8.14. The van der Waals surface area contributed by atoms with E-state index in [9.17, 15) is 9.59 Å². The molecule has 3 aromatic rings. The van der Waals surface area contributed by atoms with Crippen molar-refractivity contribution in [1.82, 2.24) is 19.7 Å². The highest BCUT2D eigenvalue weighted by molar-refractivity contribution is 6.06. The number of anilines is 1. The number of hydrogen-bond acceptors (Lipinski definition) is 4. The molecule has 0 unspecified atom stereocenters. The van der Waals surface area contributed by atoms with Crippen LogP contribution in [0.4, 0.5) is 5.69 Å². The largest absolute Gasteiger partial charge is 0.338 e. The third-order valence-electron chi connectivity index (χ3n) is 5.47. The first kappa shape index (κ1) is 20.1. The first-order valence-electron chi connectivity index (χ1n) is 10.5. The zero-order valence-corrected chi connectivity index (χ0v) is 17.7. The van der Waals surface area contributed by atoms with Crippen molar-refractivity contribution >= 4 is 28.5 Å². The van der Waals surface area contributed by atoms with Gasteiger partial charge in [-0.15, -0.1) is 0 Å². The summed E-state index contributed by atoms with van der Waals surface area (Å²) in [4.78, 5) is 31.5. The van der Waals surface area contributed by atoms with Crippen LogP contribution in [0.5, 0.6) is 0 Å². The van der Waals surface area contributed by atoms with E-state index < -0.39 is 0 Å². The topological polar surface area (TPSA) is 80.1 Å². The minimum Gasteiger partial charge on any atom is -0.338 e. The Hall–Kier alpha value is -3.22. The minimum absolute atomic E-state index is 0.198. The van der Waals surface area contributed by atoms with E-state index in [0.29, 0.717) is 29.9 Å². The molecule has 1 N–H and O–H groups in total. The Morgan fingerprint density at radius 1 is 1.23 bits per heavy atom. The summed E-state index contributed by atoms with van der Waals surface area (Å²) in [7, 11) is 0. The normalized spacial score (nSPS) is 14.5. The van der Waals surface area contributed by atoms with Gasteiger partial charge in [0, 0.05) is 36.6 Å². The fraction of sp³-hybridized carbons (Fsp3) is 0.391. The molecule has 30 heavy (non-hydrogen) atoms. The molecular formula is C23H27N5O2. The number of fused-ring (bicyclic) bond motifs is 1. The molecule has 0 aliphatic carbocycles. The quantitative estimate of drug-likeness (QED) is 0.693. The molecule has 2 aromatic heterocycles. The Kier molecular flexibility index (Phi) is 5.53. The number of nitrogens with one attached hydrogen (secondary N) is 1. The van der Waals surface area contributed by atoms with Crippen LogP contribution in [0, 0.1) is 6.92 Å². The second kappa shape index (κ2) is 8.26. The molecule has 0 spiro atoms. The number of nitrogens with zero attached hydrogens (tertiary/aromatic N) is 4. The summed E-state index contributed by atoms with van der Waals surface area (Å²) in [6.45, 7) is 7.31. The SMILES string of the molecule is Cc1nc2c(cnn2C(C)C)cc1C(=O)Nc1cccc(CN2CCCCC2=O)c1. The van der Waals surface area contributed by atoms with Crippen molar-refractivity contribution in [3.63, 3.8) is 0 Å². The molecule has 2 amide bonds. The van der Waals surface area contributed by atoms with Gasteiger partial charge in [0.2, 0.25) is 5.91 Å². The van der Waals surface area contributed by atoms with Crippen LogP contribution in [-0.4, -0.2) is 38.0 Å². The van der Waals surface area contributed by atoms with Gasteiger partial charge in [-0.3, -0.25) is 9.59 Å². The van der Waals surface area contributed by atoms with Gasteiger partial charge in [0.25, 0.3) is 5.91 Å². The van der Waals surface area contributed by atoms with Crippen molar-refractivity contribution in [2.75, 3.05) is 11.9 Å². The summed E-state index contributed by atoms with van der Waals surface area (Å²) in [6, 6.07) is 9.71. The lowest BCUT2D eigenvalue weighted by Crippen LogP contribution is -2.34. The van der Waals surface area contributed by atoms with Crippen molar-refractivity contribution in [3.8, 4) is 0 Å². The molecule has 1 aliphatic rings. The molecule has 0 bridgehead atoms. The Morgan fingerprint density at radius 2 is 2.07 bits per heavy atom. The summed E-state index contributed by atoms with van der Waals surface area (Å²) in [6.07, 6.45) is 4.39. The maximum atomic E-state index is 12.9. The van der Waals surface area contributed by atoms with E-state index in [1.165, 1.54) is 0 Å². The van der Waals surface area contributed by atoms with E-state index in [4.69, 9.17) is 0 Å². The number of carbonyl (C=O) groups excluding carboxylic acids is 2. The first-order chi connectivity index (χ1) is 14.4. The summed E-state index contributed by atoms with van der Waals surface area (Å²) in [5.74, 6) is -0.00182. The van der Waals surface area contributed by atoms with Gasteiger partial charge in [-0.05, 0) is 57.4 Å². The van der Waals surface area contributed by atoms with Gasteiger partial charge in [-0.25, -0.2) is 9.67 Å². The fourth-order valence-corrected chi connectivity index (χ4v) is 3.87. The van der Waals surface area contributed by atoms with E-state index >= 15 is 0 Å². The van der Waals surface area contributed by atoms with Gasteiger partial charge in [-0.1, -0.05) is 12.1 Å². The lowest BCUT2D eigenvalue weighted by atomic mass is 10.1. The van der Waals surface area contributed by atoms with Crippen molar-refractivity contribution in [3.05, 3.63) is 53.3 Å². The molecule has 7 heteroatoms. The molecule has 1 fully saturated rings. The minimum atomic E-state index is -0.203. The molecule has 1 saturated heterocycles. The Labute approximate surface area is 176 Å². The van der Waals surface area contributed by atoms with Crippen LogP contribution >= 0.6 is 0 Å². The monoisotopic (exact) mass is 405 g/mol. The average molecular weight is 406 g/mol. The number of aryl methyl sites for hydroxylation is 1. The average Bonchev–Trinajstić information content (AvgIpc) is 3.12. The Morgan fingerprint density at radius 3 is 2.83 bits per heavy atom. The standard InChI is InChI=1S/C23H27N5O2/c1-15(2)28-22-18(13-24-28)12-20(16(3)25-22)23(30)26-19-8-6-7-17(11-19)14-27-10-5-4-9-21(27)29/h6-8,11-13,15H,4-5,9-10,14H2,1-3H3,(H,26,30). The Balaban J connectivity index is 1.52. The van der Waals surface area contributed by atoms with Crippen LogP contribution in [0.15, 0.2) is 36.5 Å². The zero-order valence-electron chi connectivity index (χ0n) is 17.7. The molecule has 0 saturated carbocycles. The number of likely N-dealkylation sites (tertiary alicyclic amines) is 1. The highest BCUT2D eigenvalue weighted by Crippen LogP contribution is 2.21. The molecule has 3 heterocycles. The van der Waals surface area contributed by atoms with Gasteiger partial charge < -0.3 is 10.2 Å². The summed E-state index contributed by atoms with van der Waals surface area (Å²) >= 11 is 0. The maximum Gasteiger partial charge on any atom is 0.257 e. The fourth-order valence-electron chi connectivity index (χ4n) is 3.87. The summed E-state index contributed by atoms with van der Waals surface area (Å²) in [5, 5.41) is 8.20. The highest BCUT2D eigenvalue weighted by Gasteiger charge is 2.19. The van der Waals surface area contributed by atoms with Gasteiger partial charge in [0.05, 0.1) is 17.5 Å². The van der Waals surface area contributed by atoms with Crippen molar-refractivity contribution in [2.45, 2.75) is 52.6 Å². The van der Waals surface area contributed by atoms with Crippen LogP contribution in [0.1, 0.15) is 60.8 Å². The van der Waals surface area contributed by atoms with Crippen LogP contribution in [0.25, 0.3) is 11.0 Å². The third kappa shape index (κ3) is 4.06. The van der Waals surface area contributed by atoms with E-state index in [0.717, 1.165) is 36.0 Å².